The van der Waals surface area contributed by atoms with Crippen LogP contribution in [0.3, 0.4) is 0 Å². The van der Waals surface area contributed by atoms with E-state index in [0.717, 1.165) is 0 Å². The van der Waals surface area contributed by atoms with E-state index in [-0.39, 0.29) is 18.9 Å². The van der Waals surface area contributed by atoms with Gasteiger partial charge in [0.1, 0.15) is 6.61 Å². The number of aliphatic imine (C=N–C) groups is 1. The predicted molar refractivity (Wildman–Crippen MR) is 106 cm³/mol. The minimum atomic E-state index is -0.860. The van der Waals surface area contributed by atoms with Crippen LogP contribution in [-0.4, -0.2) is 34.9 Å². The summed E-state index contributed by atoms with van der Waals surface area (Å²) < 4.78 is 0. The molecule has 0 saturated heterocycles. The zero-order valence-electron chi connectivity index (χ0n) is 14.6. The highest BCUT2D eigenvalue weighted by atomic mass is 35.5. The standard InChI is InChI=1S/C18H16Cl2N4O4/c19-14-6-3-7-15(20)17(14)22-18-21-8-9-23(18)16(25)10-12-4-1-2-5-13(12)11-28-24(26)27/h1-7H,8-11H2,(H,21,22). The molecule has 0 unspecified atom stereocenters. The molecule has 2 aromatic rings. The average molecular weight is 423 g/mol. The van der Waals surface area contributed by atoms with Gasteiger partial charge in [-0.1, -0.05) is 53.5 Å². The van der Waals surface area contributed by atoms with Crippen LogP contribution in [0.5, 0.6) is 0 Å². The van der Waals surface area contributed by atoms with Gasteiger partial charge < -0.3 is 10.2 Å². The molecule has 146 valence electrons. The molecule has 1 aliphatic heterocycles. The molecule has 0 saturated carbocycles. The van der Waals surface area contributed by atoms with E-state index in [1.807, 2.05) is 0 Å². The third kappa shape index (κ3) is 4.71. The summed E-state index contributed by atoms with van der Waals surface area (Å²) in [4.78, 5) is 33.5. The third-order valence-electron chi connectivity index (χ3n) is 4.13. The van der Waals surface area contributed by atoms with Gasteiger partial charge in [-0.05, 0) is 23.3 Å². The number of carbonyl (C=O) groups excluding carboxylic acids is 1. The fourth-order valence-corrected chi connectivity index (χ4v) is 3.27. The van der Waals surface area contributed by atoms with Crippen molar-refractivity contribution in [3.8, 4) is 0 Å². The number of hydrogen-bond donors (Lipinski definition) is 1. The first-order chi connectivity index (χ1) is 13.5. The Hall–Kier alpha value is -2.84. The first-order valence-electron chi connectivity index (χ1n) is 8.35. The van der Waals surface area contributed by atoms with E-state index in [9.17, 15) is 14.9 Å². The second kappa shape index (κ2) is 8.90. The lowest BCUT2D eigenvalue weighted by molar-refractivity contribution is -0.763. The molecule has 1 N–H and O–H groups in total. The summed E-state index contributed by atoms with van der Waals surface area (Å²) >= 11 is 12.3. The number of carbonyl (C=O) groups is 1. The number of para-hydroxylation sites is 1. The first kappa shape index (κ1) is 19.9. The van der Waals surface area contributed by atoms with Crippen molar-refractivity contribution in [2.45, 2.75) is 13.0 Å². The summed E-state index contributed by atoms with van der Waals surface area (Å²) in [5.41, 5.74) is 1.70. The number of nitrogens with one attached hydrogen (secondary N) is 1. The molecule has 0 aromatic heterocycles. The quantitative estimate of drug-likeness (QED) is 0.566. The Morgan fingerprint density at radius 2 is 1.86 bits per heavy atom. The van der Waals surface area contributed by atoms with Crippen molar-refractivity contribution in [1.29, 1.82) is 0 Å². The Morgan fingerprint density at radius 3 is 2.54 bits per heavy atom. The Kier molecular flexibility index (Phi) is 6.33. The molecule has 0 fully saturated rings. The highest BCUT2D eigenvalue weighted by molar-refractivity contribution is 6.39. The molecular weight excluding hydrogens is 407 g/mol. The molecule has 1 aliphatic rings. The number of nitrogens with zero attached hydrogens (tertiary/aromatic N) is 3. The summed E-state index contributed by atoms with van der Waals surface area (Å²) in [5, 5.41) is 13.4. The van der Waals surface area contributed by atoms with Crippen LogP contribution in [-0.2, 0) is 22.7 Å². The van der Waals surface area contributed by atoms with Gasteiger partial charge in [0.05, 0.1) is 28.7 Å². The Labute approximate surface area is 170 Å². The summed E-state index contributed by atoms with van der Waals surface area (Å²) in [6.07, 6.45) is 0.0498. The minimum Gasteiger partial charge on any atom is -0.323 e. The number of halogens is 2. The van der Waals surface area contributed by atoms with Crippen LogP contribution in [0.2, 0.25) is 10.0 Å². The van der Waals surface area contributed by atoms with Crippen LogP contribution >= 0.6 is 23.2 Å². The summed E-state index contributed by atoms with van der Waals surface area (Å²) in [7, 11) is 0. The lowest BCUT2D eigenvalue weighted by atomic mass is 10.0. The molecule has 10 heteroatoms. The van der Waals surface area contributed by atoms with Gasteiger partial charge in [-0.25, -0.2) is 0 Å². The maximum atomic E-state index is 12.8. The lowest BCUT2D eigenvalue weighted by Crippen LogP contribution is -2.39. The SMILES string of the molecule is O=C(Cc1ccccc1CO[N+](=O)[O-])N1CCN=C1Nc1c(Cl)cccc1Cl. The van der Waals surface area contributed by atoms with Gasteiger partial charge in [0.2, 0.25) is 11.9 Å². The van der Waals surface area contributed by atoms with Gasteiger partial charge in [-0.15, -0.1) is 10.1 Å². The number of hydrogen-bond acceptors (Lipinski definition) is 6. The fourth-order valence-electron chi connectivity index (χ4n) is 2.78. The van der Waals surface area contributed by atoms with Crippen LogP contribution < -0.4 is 5.32 Å². The summed E-state index contributed by atoms with van der Waals surface area (Å²) in [5.74, 6) is 0.152. The van der Waals surface area contributed by atoms with E-state index >= 15 is 0 Å². The van der Waals surface area contributed by atoms with Gasteiger partial charge in [-0.3, -0.25) is 14.7 Å². The predicted octanol–water partition coefficient (Wildman–Crippen LogP) is 3.55. The zero-order chi connectivity index (χ0) is 20.1. The number of amides is 1. The van der Waals surface area contributed by atoms with Crippen LogP contribution in [0.1, 0.15) is 11.1 Å². The van der Waals surface area contributed by atoms with E-state index in [0.29, 0.717) is 45.9 Å². The molecule has 3 rings (SSSR count). The number of benzene rings is 2. The fraction of sp³-hybridized carbons (Fsp3) is 0.222. The average Bonchev–Trinajstić information content (AvgIpc) is 3.12. The van der Waals surface area contributed by atoms with Crippen molar-refractivity contribution in [3.63, 3.8) is 0 Å². The molecule has 1 heterocycles. The summed E-state index contributed by atoms with van der Waals surface area (Å²) in [6.45, 7) is 0.643. The maximum absolute atomic E-state index is 12.8. The van der Waals surface area contributed by atoms with E-state index in [1.54, 1.807) is 42.5 Å². The molecule has 0 spiro atoms. The molecule has 2 aromatic carbocycles. The Morgan fingerprint density at radius 1 is 1.18 bits per heavy atom. The Bertz CT molecular complexity index is 915. The van der Waals surface area contributed by atoms with Crippen molar-refractivity contribution in [2.24, 2.45) is 4.99 Å². The smallest absolute Gasteiger partial charge is 0.294 e. The number of guanidine groups is 1. The first-order valence-corrected chi connectivity index (χ1v) is 9.11. The van der Waals surface area contributed by atoms with Crippen LogP contribution in [0.4, 0.5) is 5.69 Å². The van der Waals surface area contributed by atoms with E-state index in [2.05, 4.69) is 15.1 Å². The van der Waals surface area contributed by atoms with Crippen LogP contribution in [0, 0.1) is 10.1 Å². The van der Waals surface area contributed by atoms with E-state index in [4.69, 9.17) is 23.2 Å². The second-order valence-corrected chi connectivity index (χ2v) is 6.73. The zero-order valence-corrected chi connectivity index (χ0v) is 16.1. The van der Waals surface area contributed by atoms with Gasteiger partial charge in [0, 0.05) is 6.54 Å². The number of rotatable bonds is 6. The van der Waals surface area contributed by atoms with Gasteiger partial charge >= 0.3 is 0 Å². The van der Waals surface area contributed by atoms with Gasteiger partial charge in [0.25, 0.3) is 5.09 Å². The van der Waals surface area contributed by atoms with E-state index in [1.165, 1.54) is 4.90 Å². The van der Waals surface area contributed by atoms with Crippen molar-refractivity contribution < 1.29 is 14.7 Å². The lowest BCUT2D eigenvalue weighted by Gasteiger charge is -2.21. The molecule has 0 bridgehead atoms. The molecule has 8 nitrogen and oxygen atoms in total. The monoisotopic (exact) mass is 422 g/mol. The Balaban J connectivity index is 1.73. The molecular formula is C18H16Cl2N4O4. The molecule has 0 radical (unpaired) electrons. The van der Waals surface area contributed by atoms with Crippen molar-refractivity contribution in [3.05, 3.63) is 73.8 Å². The molecule has 1 amide bonds. The second-order valence-electron chi connectivity index (χ2n) is 5.91. The highest BCUT2D eigenvalue weighted by Crippen LogP contribution is 2.30. The van der Waals surface area contributed by atoms with Gasteiger partial charge in [0.15, 0.2) is 0 Å². The maximum Gasteiger partial charge on any atom is 0.294 e. The normalized spacial score (nSPS) is 13.2. The largest absolute Gasteiger partial charge is 0.323 e. The van der Waals surface area contributed by atoms with E-state index < -0.39 is 5.09 Å². The molecule has 0 atom stereocenters. The topological polar surface area (TPSA) is 97.1 Å². The minimum absolute atomic E-state index is 0.0498. The third-order valence-corrected chi connectivity index (χ3v) is 4.76. The number of anilines is 1. The van der Waals surface area contributed by atoms with Crippen molar-refractivity contribution >= 4 is 40.8 Å². The molecule has 28 heavy (non-hydrogen) atoms. The molecule has 0 aliphatic carbocycles. The van der Waals surface area contributed by atoms with Gasteiger partial charge in [-0.2, -0.15) is 0 Å². The van der Waals surface area contributed by atoms with Crippen LogP contribution in [0.25, 0.3) is 0 Å². The van der Waals surface area contributed by atoms with Crippen molar-refractivity contribution in [2.75, 3.05) is 18.4 Å². The highest BCUT2D eigenvalue weighted by Gasteiger charge is 2.25. The van der Waals surface area contributed by atoms with Crippen molar-refractivity contribution in [1.82, 2.24) is 4.90 Å². The summed E-state index contributed by atoms with van der Waals surface area (Å²) in [6, 6.07) is 12.0. The van der Waals surface area contributed by atoms with Crippen LogP contribution in [0.15, 0.2) is 47.5 Å².